The van der Waals surface area contributed by atoms with Crippen molar-refractivity contribution < 1.29 is 18.0 Å². The van der Waals surface area contributed by atoms with Gasteiger partial charge in [-0.15, -0.1) is 0 Å². The third-order valence-corrected chi connectivity index (χ3v) is 5.71. The van der Waals surface area contributed by atoms with Gasteiger partial charge in [0.15, 0.2) is 0 Å². The lowest BCUT2D eigenvalue weighted by Crippen LogP contribution is -2.49. The zero-order valence-corrected chi connectivity index (χ0v) is 18.5. The zero-order valence-electron chi connectivity index (χ0n) is 18.5. The largest absolute Gasteiger partial charge is 0.416 e. The van der Waals surface area contributed by atoms with Gasteiger partial charge in [-0.3, -0.25) is 9.78 Å². The highest BCUT2D eigenvalue weighted by molar-refractivity contribution is 5.95. The summed E-state index contributed by atoms with van der Waals surface area (Å²) in [4.78, 5) is 18.0. The number of aromatic nitrogens is 1. The summed E-state index contributed by atoms with van der Waals surface area (Å²) in [7, 11) is 0. The summed E-state index contributed by atoms with van der Waals surface area (Å²) in [5.74, 6) is -0.406. The molecule has 0 aliphatic carbocycles. The number of pyridine rings is 1. The van der Waals surface area contributed by atoms with E-state index in [0.29, 0.717) is 16.8 Å². The van der Waals surface area contributed by atoms with E-state index < -0.39 is 23.2 Å². The fraction of sp³-hybridized carbons (Fsp3) is 0.143. The van der Waals surface area contributed by atoms with E-state index in [1.807, 2.05) is 43.3 Å². The van der Waals surface area contributed by atoms with Crippen LogP contribution in [0.5, 0.6) is 0 Å². The Morgan fingerprint density at radius 1 is 0.824 bits per heavy atom. The molecule has 0 saturated heterocycles. The summed E-state index contributed by atoms with van der Waals surface area (Å²) in [6, 6.07) is 26.6. The van der Waals surface area contributed by atoms with Crippen LogP contribution in [0.25, 0.3) is 0 Å². The van der Waals surface area contributed by atoms with Crippen LogP contribution in [0.4, 0.5) is 13.2 Å². The molecule has 1 aromatic heterocycles. The van der Waals surface area contributed by atoms with Gasteiger partial charge in [-0.2, -0.15) is 13.2 Å². The van der Waals surface area contributed by atoms with Crippen LogP contribution in [-0.2, 0) is 18.1 Å². The lowest BCUT2D eigenvalue weighted by Gasteiger charge is -2.36. The number of carbonyl (C=O) groups excluding carboxylic acids is 1. The van der Waals surface area contributed by atoms with Gasteiger partial charge in [-0.25, -0.2) is 0 Å². The fourth-order valence-electron chi connectivity index (χ4n) is 3.96. The summed E-state index contributed by atoms with van der Waals surface area (Å²) in [5, 5.41) is 3.06. The summed E-state index contributed by atoms with van der Waals surface area (Å²) >= 11 is 0. The van der Waals surface area contributed by atoms with Crippen LogP contribution in [0, 0.1) is 6.92 Å². The molecule has 1 heterocycles. The van der Waals surface area contributed by atoms with Crippen LogP contribution >= 0.6 is 0 Å². The monoisotopic (exact) mass is 460 g/mol. The highest BCUT2D eigenvalue weighted by Gasteiger charge is 2.40. The molecular weight excluding hydrogens is 437 g/mol. The van der Waals surface area contributed by atoms with Crippen LogP contribution < -0.4 is 5.32 Å². The smallest absolute Gasteiger partial charge is 0.337 e. The number of rotatable bonds is 6. The number of aryl methyl sites for hydroxylation is 1. The van der Waals surface area contributed by atoms with Gasteiger partial charge in [0.2, 0.25) is 0 Å². The predicted molar refractivity (Wildman–Crippen MR) is 125 cm³/mol. The number of nitrogens with one attached hydrogen (secondary N) is 1. The lowest BCUT2D eigenvalue weighted by molar-refractivity contribution is -0.137. The number of hydrogen-bond donors (Lipinski definition) is 1. The maximum absolute atomic E-state index is 13.7. The van der Waals surface area contributed by atoms with Crippen LogP contribution in [0.1, 0.15) is 38.3 Å². The van der Waals surface area contributed by atoms with E-state index >= 15 is 0 Å². The molecule has 4 aromatic rings. The van der Waals surface area contributed by atoms with Crippen molar-refractivity contribution in [2.75, 3.05) is 0 Å². The second-order valence-electron chi connectivity index (χ2n) is 8.19. The predicted octanol–water partition coefficient (Wildman–Crippen LogP) is 6.33. The Bertz CT molecular complexity index is 1260. The van der Waals surface area contributed by atoms with E-state index in [9.17, 15) is 18.0 Å². The van der Waals surface area contributed by atoms with E-state index in [1.54, 1.807) is 48.7 Å². The van der Waals surface area contributed by atoms with Gasteiger partial charge in [0, 0.05) is 18.2 Å². The molecule has 0 radical (unpaired) electrons. The molecular formula is C28H23F3N2O. The standard InChI is InChI=1S/C28H23F3N2O/c1-20-15-16-25(32-19-20)27(18-21-9-4-2-5-10-21,33-26(34)22-11-6-3-7-12-22)23-13-8-14-24(17-23)28(29,30)31/h2-17,19H,18H2,1H3,(H,33,34). The van der Waals surface area contributed by atoms with Crippen LogP contribution in [0.15, 0.2) is 103 Å². The maximum Gasteiger partial charge on any atom is 0.416 e. The molecule has 0 aliphatic rings. The molecule has 4 rings (SSSR count). The van der Waals surface area contributed by atoms with Crippen LogP contribution in [0.2, 0.25) is 0 Å². The number of nitrogens with zero attached hydrogens (tertiary/aromatic N) is 1. The van der Waals surface area contributed by atoms with Crippen molar-refractivity contribution in [1.29, 1.82) is 0 Å². The highest BCUT2D eigenvalue weighted by Crippen LogP contribution is 2.37. The Morgan fingerprint density at radius 3 is 2.09 bits per heavy atom. The van der Waals surface area contributed by atoms with E-state index in [-0.39, 0.29) is 6.42 Å². The van der Waals surface area contributed by atoms with Crippen LogP contribution in [0.3, 0.4) is 0 Å². The molecule has 1 amide bonds. The third kappa shape index (κ3) is 5.01. The Hall–Kier alpha value is -3.93. The van der Waals surface area contributed by atoms with Crippen molar-refractivity contribution in [1.82, 2.24) is 10.3 Å². The molecule has 172 valence electrons. The molecule has 3 nitrogen and oxygen atoms in total. The van der Waals surface area contributed by atoms with Crippen molar-refractivity contribution in [3.05, 3.63) is 137 Å². The average Bonchev–Trinajstić information content (AvgIpc) is 2.85. The number of carbonyl (C=O) groups is 1. The summed E-state index contributed by atoms with van der Waals surface area (Å²) in [5.41, 5.74) is 0.759. The Kier molecular flexibility index (Phi) is 6.50. The van der Waals surface area contributed by atoms with Gasteiger partial charge < -0.3 is 5.32 Å². The average molecular weight is 460 g/mol. The van der Waals surface area contributed by atoms with Gasteiger partial charge in [-0.05, 0) is 53.9 Å². The molecule has 0 spiro atoms. The number of benzene rings is 3. The van der Waals surface area contributed by atoms with Gasteiger partial charge in [0.25, 0.3) is 5.91 Å². The Labute approximate surface area is 196 Å². The van der Waals surface area contributed by atoms with Gasteiger partial charge in [-0.1, -0.05) is 66.7 Å². The molecule has 3 aromatic carbocycles. The summed E-state index contributed by atoms with van der Waals surface area (Å²) in [6.45, 7) is 1.88. The zero-order chi connectivity index (χ0) is 24.2. The summed E-state index contributed by atoms with van der Waals surface area (Å²) < 4.78 is 41.0. The third-order valence-electron chi connectivity index (χ3n) is 5.71. The first-order valence-electron chi connectivity index (χ1n) is 10.8. The highest BCUT2D eigenvalue weighted by atomic mass is 19.4. The number of hydrogen-bond acceptors (Lipinski definition) is 2. The number of halogens is 3. The van der Waals surface area contributed by atoms with E-state index in [0.717, 1.165) is 23.3 Å². The lowest BCUT2D eigenvalue weighted by atomic mass is 9.79. The quantitative estimate of drug-likeness (QED) is 0.366. The van der Waals surface area contributed by atoms with Crippen molar-refractivity contribution >= 4 is 5.91 Å². The molecule has 1 unspecified atom stereocenters. The second-order valence-corrected chi connectivity index (χ2v) is 8.19. The topological polar surface area (TPSA) is 42.0 Å². The molecule has 0 aliphatic heterocycles. The van der Waals surface area contributed by atoms with Gasteiger partial charge in [0.1, 0.15) is 5.54 Å². The van der Waals surface area contributed by atoms with Crippen molar-refractivity contribution in [3.8, 4) is 0 Å². The minimum Gasteiger partial charge on any atom is -0.337 e. The minimum absolute atomic E-state index is 0.212. The first kappa shape index (κ1) is 23.2. The maximum atomic E-state index is 13.7. The van der Waals surface area contributed by atoms with Gasteiger partial charge >= 0.3 is 6.18 Å². The Balaban J connectivity index is 1.94. The molecule has 1 atom stereocenters. The first-order chi connectivity index (χ1) is 16.3. The van der Waals surface area contributed by atoms with E-state index in [2.05, 4.69) is 10.3 Å². The van der Waals surface area contributed by atoms with Crippen molar-refractivity contribution in [3.63, 3.8) is 0 Å². The van der Waals surface area contributed by atoms with Gasteiger partial charge in [0.05, 0.1) is 11.3 Å². The SMILES string of the molecule is Cc1ccc(C(Cc2ccccc2)(NC(=O)c2ccccc2)c2cccc(C(F)(F)F)c2)nc1. The Morgan fingerprint density at radius 2 is 1.47 bits per heavy atom. The number of amides is 1. The second kappa shape index (κ2) is 9.51. The van der Waals surface area contributed by atoms with E-state index in [1.165, 1.54) is 6.07 Å². The molecule has 6 heteroatoms. The molecule has 0 bridgehead atoms. The molecule has 34 heavy (non-hydrogen) atoms. The van der Waals surface area contributed by atoms with E-state index in [4.69, 9.17) is 0 Å². The molecule has 0 fully saturated rings. The molecule has 1 N–H and O–H groups in total. The molecule has 0 saturated carbocycles. The van der Waals surface area contributed by atoms with Crippen molar-refractivity contribution in [2.45, 2.75) is 25.1 Å². The van der Waals surface area contributed by atoms with Crippen LogP contribution in [-0.4, -0.2) is 10.9 Å². The summed E-state index contributed by atoms with van der Waals surface area (Å²) in [6.07, 6.45) is -2.67. The normalized spacial score (nSPS) is 13.2. The minimum atomic E-state index is -4.53. The number of alkyl halides is 3. The first-order valence-corrected chi connectivity index (χ1v) is 10.8. The fourth-order valence-corrected chi connectivity index (χ4v) is 3.96. The van der Waals surface area contributed by atoms with Crippen molar-refractivity contribution in [2.24, 2.45) is 0 Å².